The first-order valence-corrected chi connectivity index (χ1v) is 8.48. The standard InChI is InChI=1S/C15H12ClN7OS/c1-17-14(24)20-15-19-12-11(25-15)13(22-21-12)23-7-18-6-10(23)8-4-2-3-5-9(8)16/h2-7H,1H3,(H3,17,19,20,21,22,24). The maximum Gasteiger partial charge on any atom is 0.320 e. The first-order chi connectivity index (χ1) is 12.2. The number of amides is 2. The van der Waals surface area contributed by atoms with E-state index in [-0.39, 0.29) is 6.03 Å². The average molecular weight is 374 g/mol. The van der Waals surface area contributed by atoms with Crippen LogP contribution in [-0.4, -0.2) is 37.8 Å². The fourth-order valence-electron chi connectivity index (χ4n) is 2.41. The van der Waals surface area contributed by atoms with Crippen molar-refractivity contribution in [3.8, 4) is 17.1 Å². The first kappa shape index (κ1) is 15.6. The summed E-state index contributed by atoms with van der Waals surface area (Å²) in [6, 6.07) is 7.21. The SMILES string of the molecule is CNC(=O)Nc1nc2[nH]nc(-n3cncc3-c3ccccc3Cl)c2s1. The minimum absolute atomic E-state index is 0.328. The van der Waals surface area contributed by atoms with Crippen molar-refractivity contribution in [2.75, 3.05) is 12.4 Å². The highest BCUT2D eigenvalue weighted by Crippen LogP contribution is 2.33. The maximum absolute atomic E-state index is 11.5. The van der Waals surface area contributed by atoms with Crippen LogP contribution in [0.5, 0.6) is 0 Å². The number of anilines is 1. The molecule has 8 nitrogen and oxygen atoms in total. The minimum Gasteiger partial charge on any atom is -0.341 e. The second kappa shape index (κ2) is 6.19. The largest absolute Gasteiger partial charge is 0.341 e. The number of H-pyrrole nitrogens is 1. The van der Waals surface area contributed by atoms with Crippen molar-refractivity contribution in [2.45, 2.75) is 0 Å². The molecule has 0 saturated heterocycles. The number of aromatic amines is 1. The zero-order valence-corrected chi connectivity index (χ0v) is 14.5. The number of aromatic nitrogens is 5. The monoisotopic (exact) mass is 373 g/mol. The van der Waals surface area contributed by atoms with Crippen LogP contribution in [0.2, 0.25) is 5.02 Å². The number of rotatable bonds is 3. The summed E-state index contributed by atoms with van der Waals surface area (Å²) in [4.78, 5) is 20.0. The molecule has 10 heteroatoms. The number of hydrogen-bond donors (Lipinski definition) is 3. The fraction of sp³-hybridized carbons (Fsp3) is 0.0667. The summed E-state index contributed by atoms with van der Waals surface area (Å²) in [7, 11) is 1.54. The molecule has 0 spiro atoms. The molecule has 2 amide bonds. The van der Waals surface area contributed by atoms with Crippen molar-refractivity contribution in [1.29, 1.82) is 0 Å². The summed E-state index contributed by atoms with van der Waals surface area (Å²) in [5.41, 5.74) is 2.25. The Morgan fingerprint density at radius 3 is 3.00 bits per heavy atom. The summed E-state index contributed by atoms with van der Waals surface area (Å²) in [5.74, 6) is 0.643. The lowest BCUT2D eigenvalue weighted by Gasteiger charge is -2.06. The minimum atomic E-state index is -0.328. The van der Waals surface area contributed by atoms with Crippen molar-refractivity contribution in [3.05, 3.63) is 41.8 Å². The highest BCUT2D eigenvalue weighted by atomic mass is 35.5. The Hall–Kier alpha value is -2.91. The Labute approximate surface area is 150 Å². The van der Waals surface area contributed by atoms with Crippen molar-refractivity contribution in [3.63, 3.8) is 0 Å². The number of urea groups is 1. The Bertz CT molecular complexity index is 1070. The molecular formula is C15H12ClN7OS. The molecule has 3 aromatic heterocycles. The number of thiazole rings is 1. The summed E-state index contributed by atoms with van der Waals surface area (Å²) < 4.78 is 2.64. The van der Waals surface area contributed by atoms with E-state index in [1.165, 1.54) is 11.3 Å². The van der Waals surface area contributed by atoms with E-state index in [1.54, 1.807) is 19.6 Å². The van der Waals surface area contributed by atoms with Gasteiger partial charge in [0.15, 0.2) is 16.6 Å². The molecule has 126 valence electrons. The van der Waals surface area contributed by atoms with Crippen molar-refractivity contribution < 1.29 is 4.79 Å². The Kier molecular flexibility index (Phi) is 3.86. The van der Waals surface area contributed by atoms with Gasteiger partial charge in [0.05, 0.1) is 11.9 Å². The van der Waals surface area contributed by atoms with Crippen LogP contribution in [0.1, 0.15) is 0 Å². The van der Waals surface area contributed by atoms with Crippen molar-refractivity contribution in [2.24, 2.45) is 0 Å². The number of carbonyl (C=O) groups is 1. The highest BCUT2D eigenvalue weighted by molar-refractivity contribution is 7.22. The Balaban J connectivity index is 1.80. The van der Waals surface area contributed by atoms with Crippen LogP contribution in [0.3, 0.4) is 0 Å². The lowest BCUT2D eigenvalue weighted by molar-refractivity contribution is 0.254. The van der Waals surface area contributed by atoms with Gasteiger partial charge in [0.1, 0.15) is 11.0 Å². The normalized spacial score (nSPS) is 11.0. The zero-order valence-electron chi connectivity index (χ0n) is 12.9. The molecule has 25 heavy (non-hydrogen) atoms. The second-order valence-electron chi connectivity index (χ2n) is 5.08. The van der Waals surface area contributed by atoms with Gasteiger partial charge in [0.2, 0.25) is 0 Å². The smallest absolute Gasteiger partial charge is 0.320 e. The van der Waals surface area contributed by atoms with Gasteiger partial charge in [0.25, 0.3) is 0 Å². The first-order valence-electron chi connectivity index (χ1n) is 7.28. The van der Waals surface area contributed by atoms with Crippen molar-refractivity contribution >= 4 is 44.4 Å². The number of nitrogens with one attached hydrogen (secondary N) is 3. The van der Waals surface area contributed by atoms with Gasteiger partial charge in [0, 0.05) is 17.6 Å². The van der Waals surface area contributed by atoms with Crippen LogP contribution < -0.4 is 10.6 Å². The zero-order chi connectivity index (χ0) is 17.4. The van der Waals surface area contributed by atoms with Gasteiger partial charge in [-0.25, -0.2) is 14.8 Å². The van der Waals surface area contributed by atoms with Crippen LogP contribution in [0.25, 0.3) is 27.4 Å². The lowest BCUT2D eigenvalue weighted by atomic mass is 10.1. The van der Waals surface area contributed by atoms with E-state index in [4.69, 9.17) is 11.6 Å². The van der Waals surface area contributed by atoms with Gasteiger partial charge >= 0.3 is 6.03 Å². The molecule has 0 bridgehead atoms. The average Bonchev–Trinajstić information content (AvgIpc) is 3.30. The number of benzene rings is 1. The topological polar surface area (TPSA) is 101 Å². The molecule has 0 fully saturated rings. The number of carbonyl (C=O) groups excluding carboxylic acids is 1. The summed E-state index contributed by atoms with van der Waals surface area (Å²) >= 11 is 7.63. The molecule has 4 aromatic rings. The van der Waals surface area contributed by atoms with Gasteiger partial charge in [-0.2, -0.15) is 5.10 Å². The van der Waals surface area contributed by atoms with Gasteiger partial charge in [-0.1, -0.05) is 41.1 Å². The predicted molar refractivity (Wildman–Crippen MR) is 97.4 cm³/mol. The van der Waals surface area contributed by atoms with Crippen LogP contribution in [0.4, 0.5) is 9.93 Å². The Morgan fingerprint density at radius 1 is 1.36 bits per heavy atom. The molecule has 0 atom stereocenters. The molecule has 0 saturated carbocycles. The second-order valence-corrected chi connectivity index (χ2v) is 6.48. The van der Waals surface area contributed by atoms with Gasteiger partial charge in [-0.3, -0.25) is 15.0 Å². The molecule has 0 radical (unpaired) electrons. The van der Waals surface area contributed by atoms with E-state index in [2.05, 4.69) is 30.8 Å². The van der Waals surface area contributed by atoms with Crippen LogP contribution in [-0.2, 0) is 0 Å². The van der Waals surface area contributed by atoms with E-state index in [0.717, 1.165) is 16.0 Å². The van der Waals surface area contributed by atoms with E-state index < -0.39 is 0 Å². The molecule has 0 aliphatic heterocycles. The number of imidazole rings is 1. The fourth-order valence-corrected chi connectivity index (χ4v) is 3.54. The molecule has 0 aliphatic rings. The number of nitrogens with zero attached hydrogens (tertiary/aromatic N) is 4. The molecular weight excluding hydrogens is 362 g/mol. The number of halogens is 1. The van der Waals surface area contributed by atoms with Crippen LogP contribution in [0.15, 0.2) is 36.8 Å². The van der Waals surface area contributed by atoms with Gasteiger partial charge in [-0.15, -0.1) is 0 Å². The van der Waals surface area contributed by atoms with Gasteiger partial charge < -0.3 is 5.32 Å². The number of hydrogen-bond acceptors (Lipinski definition) is 5. The lowest BCUT2D eigenvalue weighted by Crippen LogP contribution is -2.24. The van der Waals surface area contributed by atoms with E-state index in [0.29, 0.717) is 21.6 Å². The third-order valence-electron chi connectivity index (χ3n) is 3.56. The maximum atomic E-state index is 11.5. The number of fused-ring (bicyclic) bond motifs is 1. The van der Waals surface area contributed by atoms with Crippen LogP contribution in [0, 0.1) is 0 Å². The Morgan fingerprint density at radius 2 is 2.20 bits per heavy atom. The van der Waals surface area contributed by atoms with Gasteiger partial charge in [-0.05, 0) is 6.07 Å². The summed E-state index contributed by atoms with van der Waals surface area (Å²) in [5, 5.41) is 13.5. The molecule has 3 N–H and O–H groups in total. The molecule has 3 heterocycles. The van der Waals surface area contributed by atoms with E-state index in [9.17, 15) is 4.79 Å². The summed E-state index contributed by atoms with van der Waals surface area (Å²) in [6.07, 6.45) is 3.40. The molecule has 4 rings (SSSR count). The van der Waals surface area contributed by atoms with E-state index >= 15 is 0 Å². The summed E-state index contributed by atoms with van der Waals surface area (Å²) in [6.45, 7) is 0. The van der Waals surface area contributed by atoms with Crippen LogP contribution >= 0.6 is 22.9 Å². The highest BCUT2D eigenvalue weighted by Gasteiger charge is 2.18. The van der Waals surface area contributed by atoms with Crippen molar-refractivity contribution in [1.82, 2.24) is 30.0 Å². The molecule has 0 unspecified atom stereocenters. The third kappa shape index (κ3) is 2.73. The van der Waals surface area contributed by atoms with E-state index in [1.807, 2.05) is 28.8 Å². The third-order valence-corrected chi connectivity index (χ3v) is 4.86. The molecule has 0 aliphatic carbocycles. The predicted octanol–water partition coefficient (Wildman–Crippen LogP) is 3.28. The quantitative estimate of drug-likeness (QED) is 0.513. The molecule has 1 aromatic carbocycles.